The van der Waals surface area contributed by atoms with Crippen LogP contribution in [0.3, 0.4) is 0 Å². The van der Waals surface area contributed by atoms with Gasteiger partial charge in [-0.3, -0.25) is 4.79 Å². The van der Waals surface area contributed by atoms with Crippen molar-refractivity contribution in [2.24, 2.45) is 0 Å². The number of fused-ring (bicyclic) bond motifs is 1. The first-order valence-electron chi connectivity index (χ1n) is 8.32. The summed E-state index contributed by atoms with van der Waals surface area (Å²) in [6.07, 6.45) is 3.73. The Morgan fingerprint density at radius 2 is 2.12 bits per heavy atom. The fourth-order valence-electron chi connectivity index (χ4n) is 2.69. The molecule has 1 N–H and O–H groups in total. The van der Waals surface area contributed by atoms with Crippen molar-refractivity contribution in [2.75, 3.05) is 6.54 Å². The predicted octanol–water partition coefficient (Wildman–Crippen LogP) is 0.978. The number of rotatable bonds is 7. The third kappa shape index (κ3) is 3.81. The highest BCUT2D eigenvalue weighted by atomic mass is 16.5. The Hall–Kier alpha value is -2.84. The number of aryl methyl sites for hydroxylation is 3. The lowest BCUT2D eigenvalue weighted by Crippen LogP contribution is -2.26. The van der Waals surface area contributed by atoms with Gasteiger partial charge in [0.15, 0.2) is 5.82 Å². The molecule has 3 heterocycles. The normalized spacial score (nSPS) is 11.2. The molecular weight excluding hydrogens is 322 g/mol. The fraction of sp³-hybridized carbons (Fsp3) is 0.500. The number of hydrogen-bond donors (Lipinski definition) is 1. The summed E-state index contributed by atoms with van der Waals surface area (Å²) >= 11 is 0. The average Bonchev–Trinajstić information content (AvgIpc) is 3.23. The van der Waals surface area contributed by atoms with Crippen LogP contribution in [-0.2, 0) is 24.1 Å². The maximum absolute atomic E-state index is 12.1. The first-order chi connectivity index (χ1) is 12.1. The number of nitrogens with zero attached hydrogens (tertiary/aromatic N) is 6. The lowest BCUT2D eigenvalue weighted by molar-refractivity contribution is -0.121. The van der Waals surface area contributed by atoms with Gasteiger partial charge in [0.1, 0.15) is 6.33 Å². The average molecular weight is 343 g/mol. The first kappa shape index (κ1) is 17.0. The molecule has 9 nitrogen and oxygen atoms in total. The minimum Gasteiger partial charge on any atom is -0.356 e. The molecule has 0 bridgehead atoms. The van der Waals surface area contributed by atoms with Crippen molar-refractivity contribution in [3.63, 3.8) is 0 Å². The van der Waals surface area contributed by atoms with E-state index in [1.807, 2.05) is 20.8 Å². The van der Waals surface area contributed by atoms with E-state index in [2.05, 4.69) is 30.5 Å². The van der Waals surface area contributed by atoms with E-state index >= 15 is 0 Å². The monoisotopic (exact) mass is 343 g/mol. The van der Waals surface area contributed by atoms with Gasteiger partial charge in [-0.05, 0) is 25.8 Å². The number of carbonyl (C=O) groups excluding carboxylic acids is 1. The summed E-state index contributed by atoms with van der Waals surface area (Å²) in [6.45, 7) is 6.33. The van der Waals surface area contributed by atoms with Crippen LogP contribution in [0.25, 0.3) is 5.78 Å². The summed E-state index contributed by atoms with van der Waals surface area (Å²) in [5, 5.41) is 10.9. The molecule has 0 radical (unpaired) electrons. The van der Waals surface area contributed by atoms with Crippen molar-refractivity contribution >= 4 is 11.7 Å². The summed E-state index contributed by atoms with van der Waals surface area (Å²) in [4.78, 5) is 24.8. The van der Waals surface area contributed by atoms with Crippen LogP contribution in [0, 0.1) is 13.8 Å². The Bertz CT molecular complexity index is 884. The smallest absolute Gasteiger partial charge is 0.252 e. The Morgan fingerprint density at radius 3 is 2.88 bits per heavy atom. The Labute approximate surface area is 144 Å². The van der Waals surface area contributed by atoms with E-state index in [9.17, 15) is 4.79 Å². The summed E-state index contributed by atoms with van der Waals surface area (Å²) in [6, 6.07) is 0. The molecule has 0 aromatic carbocycles. The largest absolute Gasteiger partial charge is 0.356 e. The van der Waals surface area contributed by atoms with Gasteiger partial charge in [0.2, 0.25) is 11.8 Å². The second-order valence-electron chi connectivity index (χ2n) is 5.79. The van der Waals surface area contributed by atoms with E-state index in [0.717, 1.165) is 23.4 Å². The Kier molecular flexibility index (Phi) is 5.01. The molecule has 3 aromatic heterocycles. The number of carbonyl (C=O) groups is 1. The quantitative estimate of drug-likeness (QED) is 0.680. The molecule has 0 aliphatic heterocycles. The Morgan fingerprint density at radius 1 is 1.28 bits per heavy atom. The number of amides is 1. The van der Waals surface area contributed by atoms with Crippen LogP contribution in [0.1, 0.15) is 42.0 Å². The highest BCUT2D eigenvalue weighted by Crippen LogP contribution is 2.14. The lowest BCUT2D eigenvalue weighted by Gasteiger charge is -2.10. The Balaban J connectivity index is 1.52. The van der Waals surface area contributed by atoms with Gasteiger partial charge in [-0.1, -0.05) is 12.1 Å². The fourth-order valence-corrected chi connectivity index (χ4v) is 2.69. The van der Waals surface area contributed by atoms with Crippen LogP contribution in [0.15, 0.2) is 10.9 Å². The van der Waals surface area contributed by atoms with Gasteiger partial charge < -0.3 is 9.84 Å². The van der Waals surface area contributed by atoms with E-state index < -0.39 is 0 Å². The topological polar surface area (TPSA) is 111 Å². The van der Waals surface area contributed by atoms with Crippen LogP contribution in [-0.4, -0.2) is 42.2 Å². The molecule has 0 atom stereocenters. The standard InChI is InChI=1S/C16H21N7O2/c1-4-13-21-15(25-22-13)7-8-17-14(24)6-5-12-10(2)20-16-18-9-19-23(16)11(12)3/h9H,4-8H2,1-3H3,(H,17,24). The van der Waals surface area contributed by atoms with Crippen molar-refractivity contribution < 1.29 is 9.32 Å². The van der Waals surface area contributed by atoms with Gasteiger partial charge in [-0.15, -0.1) is 0 Å². The zero-order valence-electron chi connectivity index (χ0n) is 14.6. The highest BCUT2D eigenvalue weighted by Gasteiger charge is 2.12. The molecule has 9 heteroatoms. The maximum atomic E-state index is 12.1. The maximum Gasteiger partial charge on any atom is 0.252 e. The van der Waals surface area contributed by atoms with Gasteiger partial charge in [0.05, 0.1) is 0 Å². The second kappa shape index (κ2) is 7.37. The summed E-state index contributed by atoms with van der Waals surface area (Å²) in [7, 11) is 0. The SMILES string of the molecule is CCc1noc(CCNC(=O)CCc2c(C)nc3ncnn3c2C)n1. The van der Waals surface area contributed by atoms with Crippen LogP contribution in [0.2, 0.25) is 0 Å². The molecule has 0 aliphatic rings. The van der Waals surface area contributed by atoms with Crippen LogP contribution in [0.4, 0.5) is 0 Å². The third-order valence-corrected chi connectivity index (χ3v) is 4.08. The highest BCUT2D eigenvalue weighted by molar-refractivity contribution is 5.76. The van der Waals surface area contributed by atoms with Gasteiger partial charge in [0.25, 0.3) is 5.78 Å². The number of aromatic nitrogens is 6. The zero-order chi connectivity index (χ0) is 17.8. The third-order valence-electron chi connectivity index (χ3n) is 4.08. The van der Waals surface area contributed by atoms with Crippen LogP contribution < -0.4 is 5.32 Å². The van der Waals surface area contributed by atoms with Crippen molar-refractivity contribution in [2.45, 2.75) is 46.5 Å². The van der Waals surface area contributed by atoms with Crippen molar-refractivity contribution in [3.05, 3.63) is 35.0 Å². The lowest BCUT2D eigenvalue weighted by atomic mass is 10.1. The van der Waals surface area contributed by atoms with Gasteiger partial charge in [0, 0.05) is 37.2 Å². The number of nitrogens with one attached hydrogen (secondary N) is 1. The summed E-state index contributed by atoms with van der Waals surface area (Å²) in [5.74, 6) is 1.79. The molecule has 132 valence electrons. The molecule has 25 heavy (non-hydrogen) atoms. The van der Waals surface area contributed by atoms with E-state index in [1.54, 1.807) is 4.52 Å². The van der Waals surface area contributed by atoms with Gasteiger partial charge >= 0.3 is 0 Å². The van der Waals surface area contributed by atoms with Crippen molar-refractivity contribution in [1.29, 1.82) is 0 Å². The molecule has 0 spiro atoms. The first-order valence-corrected chi connectivity index (χ1v) is 8.32. The second-order valence-corrected chi connectivity index (χ2v) is 5.79. The molecule has 3 rings (SSSR count). The molecule has 1 amide bonds. The molecular formula is C16H21N7O2. The predicted molar refractivity (Wildman–Crippen MR) is 89.0 cm³/mol. The van der Waals surface area contributed by atoms with Gasteiger partial charge in [-0.25, -0.2) is 9.50 Å². The molecule has 0 fully saturated rings. The van der Waals surface area contributed by atoms with E-state index in [4.69, 9.17) is 4.52 Å². The van der Waals surface area contributed by atoms with E-state index in [1.165, 1.54) is 6.33 Å². The molecule has 0 saturated heterocycles. The van der Waals surface area contributed by atoms with E-state index in [0.29, 0.717) is 43.3 Å². The van der Waals surface area contributed by atoms with Gasteiger partial charge in [-0.2, -0.15) is 15.1 Å². The molecule has 0 saturated carbocycles. The molecule has 0 unspecified atom stereocenters. The molecule has 3 aromatic rings. The van der Waals surface area contributed by atoms with E-state index in [-0.39, 0.29) is 5.91 Å². The number of hydrogen-bond acceptors (Lipinski definition) is 7. The van der Waals surface area contributed by atoms with Crippen molar-refractivity contribution in [1.82, 2.24) is 35.0 Å². The summed E-state index contributed by atoms with van der Waals surface area (Å²) in [5.41, 5.74) is 2.87. The molecule has 0 aliphatic carbocycles. The minimum absolute atomic E-state index is 0.0206. The van der Waals surface area contributed by atoms with Crippen molar-refractivity contribution in [3.8, 4) is 0 Å². The summed E-state index contributed by atoms with van der Waals surface area (Å²) < 4.78 is 6.79. The van der Waals surface area contributed by atoms with Crippen LogP contribution >= 0.6 is 0 Å². The van der Waals surface area contributed by atoms with Crippen LogP contribution in [0.5, 0.6) is 0 Å². The minimum atomic E-state index is -0.0206. The zero-order valence-corrected chi connectivity index (χ0v) is 14.6.